The van der Waals surface area contributed by atoms with Crippen molar-refractivity contribution in [1.29, 1.82) is 0 Å². The Bertz CT molecular complexity index is 1270. The summed E-state index contributed by atoms with van der Waals surface area (Å²) in [7, 11) is -6.15. The normalized spacial score (nSPS) is 11.7. The molecule has 30 heavy (non-hydrogen) atoms. The molecule has 7 nitrogen and oxygen atoms in total. The first-order chi connectivity index (χ1) is 14.1. The van der Waals surface area contributed by atoms with Gasteiger partial charge in [0.2, 0.25) is 0 Å². The lowest BCUT2D eigenvalue weighted by atomic mass is 10.2. The second kappa shape index (κ2) is 8.37. The Balaban J connectivity index is 1.81. The summed E-state index contributed by atoms with van der Waals surface area (Å²) in [5, 5.41) is 0. The van der Waals surface area contributed by atoms with Gasteiger partial charge in [0.1, 0.15) is 5.75 Å². The van der Waals surface area contributed by atoms with Gasteiger partial charge in [-0.2, -0.15) is 0 Å². The van der Waals surface area contributed by atoms with E-state index >= 15 is 0 Å². The van der Waals surface area contributed by atoms with Crippen LogP contribution in [0.15, 0.2) is 76.5 Å². The number of methoxy groups -OCH3 is 1. The van der Waals surface area contributed by atoms with E-state index in [4.69, 9.17) is 4.74 Å². The minimum atomic E-state index is -3.85. The monoisotopic (exact) mass is 446 g/mol. The largest absolute Gasteiger partial charge is 0.497 e. The van der Waals surface area contributed by atoms with Crippen LogP contribution in [0.25, 0.3) is 0 Å². The SMILES string of the molecule is COc1cccc(NS(=O)(=O)c2ccc(NS(=O)(=O)c3cc(C)ccc3C)cc2)c1. The summed E-state index contributed by atoms with van der Waals surface area (Å²) in [6.45, 7) is 3.53. The highest BCUT2D eigenvalue weighted by atomic mass is 32.2. The number of anilines is 2. The molecule has 0 aliphatic rings. The molecule has 0 aliphatic carbocycles. The lowest BCUT2D eigenvalue weighted by molar-refractivity contribution is 0.415. The molecule has 2 N–H and O–H groups in total. The third-order valence-corrected chi connectivity index (χ3v) is 7.29. The Morgan fingerprint density at radius 1 is 0.733 bits per heavy atom. The molecular weight excluding hydrogens is 424 g/mol. The highest BCUT2D eigenvalue weighted by Crippen LogP contribution is 2.24. The van der Waals surface area contributed by atoms with Crippen molar-refractivity contribution in [2.45, 2.75) is 23.6 Å². The van der Waals surface area contributed by atoms with Crippen LogP contribution >= 0.6 is 0 Å². The molecule has 0 heterocycles. The van der Waals surface area contributed by atoms with Crippen LogP contribution in [0, 0.1) is 13.8 Å². The molecule has 3 aromatic carbocycles. The fraction of sp³-hybridized carbons (Fsp3) is 0.143. The molecule has 0 unspecified atom stereocenters. The lowest BCUT2D eigenvalue weighted by Gasteiger charge is -2.12. The van der Waals surface area contributed by atoms with Crippen molar-refractivity contribution in [3.05, 3.63) is 77.9 Å². The van der Waals surface area contributed by atoms with Gasteiger partial charge in [-0.3, -0.25) is 9.44 Å². The van der Waals surface area contributed by atoms with Crippen LogP contribution in [-0.4, -0.2) is 23.9 Å². The van der Waals surface area contributed by atoms with Crippen molar-refractivity contribution >= 4 is 31.4 Å². The Morgan fingerprint density at radius 2 is 1.40 bits per heavy atom. The van der Waals surface area contributed by atoms with Crippen LogP contribution in [-0.2, 0) is 20.0 Å². The van der Waals surface area contributed by atoms with Crippen molar-refractivity contribution in [3.8, 4) is 5.75 Å². The summed E-state index contributed by atoms with van der Waals surface area (Å²) < 4.78 is 60.7. The minimum absolute atomic E-state index is 0.00000367. The first-order valence-electron chi connectivity index (χ1n) is 8.98. The van der Waals surface area contributed by atoms with E-state index in [2.05, 4.69) is 9.44 Å². The van der Waals surface area contributed by atoms with Gasteiger partial charge in [-0.25, -0.2) is 16.8 Å². The number of nitrogens with one attached hydrogen (secondary N) is 2. The van der Waals surface area contributed by atoms with E-state index in [0.29, 0.717) is 17.0 Å². The summed E-state index contributed by atoms with van der Waals surface area (Å²) in [6, 6.07) is 17.2. The number of sulfonamides is 2. The van der Waals surface area contributed by atoms with Crippen LogP contribution in [0.5, 0.6) is 5.75 Å². The smallest absolute Gasteiger partial charge is 0.262 e. The first kappa shape index (κ1) is 21.7. The average Bonchev–Trinajstić information content (AvgIpc) is 2.69. The third-order valence-electron chi connectivity index (χ3n) is 4.37. The van der Waals surface area contributed by atoms with E-state index in [0.717, 1.165) is 5.56 Å². The zero-order valence-corrected chi connectivity index (χ0v) is 18.3. The van der Waals surface area contributed by atoms with E-state index in [1.165, 1.54) is 31.4 Å². The van der Waals surface area contributed by atoms with Crippen LogP contribution in [0.3, 0.4) is 0 Å². The number of hydrogen-bond acceptors (Lipinski definition) is 5. The topological polar surface area (TPSA) is 102 Å². The van der Waals surface area contributed by atoms with E-state index in [1.54, 1.807) is 43.3 Å². The van der Waals surface area contributed by atoms with Crippen LogP contribution in [0.2, 0.25) is 0 Å². The fourth-order valence-corrected chi connectivity index (χ4v) is 5.25. The van der Waals surface area contributed by atoms with Gasteiger partial charge in [0.15, 0.2) is 0 Å². The van der Waals surface area contributed by atoms with Gasteiger partial charge in [-0.1, -0.05) is 18.2 Å². The summed E-state index contributed by atoms with van der Waals surface area (Å²) in [6.07, 6.45) is 0. The highest BCUT2D eigenvalue weighted by molar-refractivity contribution is 7.93. The molecule has 0 radical (unpaired) electrons. The van der Waals surface area contributed by atoms with Gasteiger partial charge in [0.25, 0.3) is 20.0 Å². The molecule has 0 spiro atoms. The average molecular weight is 447 g/mol. The minimum Gasteiger partial charge on any atom is -0.497 e. The quantitative estimate of drug-likeness (QED) is 0.573. The summed E-state index contributed by atoms with van der Waals surface area (Å²) in [5.41, 5.74) is 2.06. The Kier molecular flexibility index (Phi) is 6.04. The van der Waals surface area contributed by atoms with Crippen LogP contribution < -0.4 is 14.2 Å². The molecule has 0 bridgehead atoms. The van der Waals surface area contributed by atoms with E-state index in [-0.39, 0.29) is 15.5 Å². The molecule has 0 aromatic heterocycles. The van der Waals surface area contributed by atoms with Crippen LogP contribution in [0.4, 0.5) is 11.4 Å². The highest BCUT2D eigenvalue weighted by Gasteiger charge is 2.19. The standard InChI is InChI=1S/C21H22N2O5S2/c1-15-7-8-16(2)21(13-15)30(26,27)22-17-9-11-20(12-10-17)29(24,25)23-18-5-4-6-19(14-18)28-3/h4-14,22-23H,1-3H3. The molecule has 0 amide bonds. The van der Waals surface area contributed by atoms with Gasteiger partial charge < -0.3 is 4.74 Å². The van der Waals surface area contributed by atoms with Crippen molar-refractivity contribution in [2.24, 2.45) is 0 Å². The van der Waals surface area contributed by atoms with Crippen molar-refractivity contribution < 1.29 is 21.6 Å². The Labute approximate surface area is 176 Å². The molecule has 3 aromatic rings. The van der Waals surface area contributed by atoms with Gasteiger partial charge in [-0.15, -0.1) is 0 Å². The summed E-state index contributed by atoms with van der Waals surface area (Å²) in [5.74, 6) is 0.520. The molecule has 0 fully saturated rings. The molecule has 9 heteroatoms. The number of rotatable bonds is 7. The van der Waals surface area contributed by atoms with Crippen molar-refractivity contribution in [3.63, 3.8) is 0 Å². The molecule has 0 atom stereocenters. The summed E-state index contributed by atoms with van der Waals surface area (Å²) >= 11 is 0. The molecule has 0 saturated heterocycles. The van der Waals surface area contributed by atoms with E-state index < -0.39 is 20.0 Å². The fourth-order valence-electron chi connectivity index (χ4n) is 2.81. The lowest BCUT2D eigenvalue weighted by Crippen LogP contribution is -2.15. The second-order valence-corrected chi connectivity index (χ2v) is 10.1. The zero-order valence-electron chi connectivity index (χ0n) is 16.7. The number of hydrogen-bond donors (Lipinski definition) is 2. The van der Waals surface area contributed by atoms with Gasteiger partial charge >= 0.3 is 0 Å². The second-order valence-electron chi connectivity index (χ2n) is 6.74. The summed E-state index contributed by atoms with van der Waals surface area (Å²) in [4.78, 5) is 0.180. The molecule has 0 saturated carbocycles. The number of ether oxygens (including phenoxy) is 1. The maximum absolute atomic E-state index is 12.7. The predicted octanol–water partition coefficient (Wildman–Crippen LogP) is 3.91. The van der Waals surface area contributed by atoms with Gasteiger partial charge in [0.05, 0.1) is 22.6 Å². The third kappa shape index (κ3) is 4.92. The molecule has 0 aliphatic heterocycles. The molecule has 3 rings (SSSR count). The van der Waals surface area contributed by atoms with E-state index in [9.17, 15) is 16.8 Å². The first-order valence-corrected chi connectivity index (χ1v) is 11.9. The Hall–Kier alpha value is -3.04. The maximum atomic E-state index is 12.7. The van der Waals surface area contributed by atoms with Crippen LogP contribution in [0.1, 0.15) is 11.1 Å². The van der Waals surface area contributed by atoms with Crippen molar-refractivity contribution in [2.75, 3.05) is 16.6 Å². The van der Waals surface area contributed by atoms with Crippen molar-refractivity contribution in [1.82, 2.24) is 0 Å². The van der Waals surface area contributed by atoms with E-state index in [1.807, 2.05) is 13.0 Å². The predicted molar refractivity (Wildman–Crippen MR) is 117 cm³/mol. The molecule has 158 valence electrons. The number of benzene rings is 3. The zero-order chi connectivity index (χ0) is 21.9. The van der Waals surface area contributed by atoms with Gasteiger partial charge in [-0.05, 0) is 67.4 Å². The maximum Gasteiger partial charge on any atom is 0.262 e. The molecular formula is C21H22N2O5S2. The number of aryl methyl sites for hydroxylation is 2. The Morgan fingerprint density at radius 3 is 2.07 bits per heavy atom. The van der Waals surface area contributed by atoms with Gasteiger partial charge in [0, 0.05) is 11.8 Å².